The van der Waals surface area contributed by atoms with Gasteiger partial charge in [0.25, 0.3) is 0 Å². The molecule has 3 rings (SSSR count). The molecule has 0 heterocycles. The number of allylic oxidation sites excluding steroid dienone is 2. The topological polar surface area (TPSA) is 0 Å². The molecule has 0 spiro atoms. The van der Waals surface area contributed by atoms with Crippen molar-refractivity contribution < 1.29 is 0 Å². The van der Waals surface area contributed by atoms with Crippen molar-refractivity contribution >= 4 is 22.9 Å². The van der Waals surface area contributed by atoms with Crippen LogP contribution in [0.3, 0.4) is 0 Å². The van der Waals surface area contributed by atoms with Gasteiger partial charge in [-0.3, -0.25) is 0 Å². The summed E-state index contributed by atoms with van der Waals surface area (Å²) in [7, 11) is 0. The Kier molecular flexibility index (Phi) is 2.79. The van der Waals surface area contributed by atoms with Crippen LogP contribution in [-0.2, 0) is 6.42 Å². The third-order valence-corrected chi connectivity index (χ3v) is 3.85. The first-order valence-electron chi connectivity index (χ1n) is 6.66. The lowest BCUT2D eigenvalue weighted by Gasteiger charge is -2.19. The van der Waals surface area contributed by atoms with Crippen molar-refractivity contribution in [2.45, 2.75) is 26.7 Å². The molecule has 0 radical (unpaired) electrons. The largest absolute Gasteiger partial charge is 0.0870 e. The van der Waals surface area contributed by atoms with Crippen LogP contribution in [0.4, 0.5) is 0 Å². The number of benzene rings is 2. The maximum atomic E-state index is 2.30. The molecule has 0 atom stereocenters. The molecule has 1 aliphatic carbocycles. The molecule has 0 nitrogen and oxygen atoms in total. The molecule has 0 heteroatoms. The van der Waals surface area contributed by atoms with Crippen molar-refractivity contribution in [2.75, 3.05) is 0 Å². The van der Waals surface area contributed by atoms with E-state index < -0.39 is 0 Å². The summed E-state index contributed by atoms with van der Waals surface area (Å²) < 4.78 is 0. The number of aryl methyl sites for hydroxylation is 1. The van der Waals surface area contributed by atoms with Gasteiger partial charge in [0.2, 0.25) is 0 Å². The van der Waals surface area contributed by atoms with E-state index in [0.29, 0.717) is 0 Å². The van der Waals surface area contributed by atoms with E-state index >= 15 is 0 Å². The third kappa shape index (κ3) is 1.60. The van der Waals surface area contributed by atoms with E-state index in [1.807, 2.05) is 0 Å². The summed E-state index contributed by atoms with van der Waals surface area (Å²) in [4.78, 5) is 0. The molecule has 0 saturated heterocycles. The zero-order valence-corrected chi connectivity index (χ0v) is 11.0. The van der Waals surface area contributed by atoms with E-state index in [1.54, 1.807) is 0 Å². The molecule has 0 bridgehead atoms. The molecule has 0 saturated carbocycles. The van der Waals surface area contributed by atoms with Crippen molar-refractivity contribution in [3.05, 3.63) is 58.7 Å². The van der Waals surface area contributed by atoms with E-state index in [1.165, 1.54) is 33.0 Å². The highest BCUT2D eigenvalue weighted by Crippen LogP contribution is 2.34. The Hall–Kier alpha value is -1.82. The number of hydrogen-bond donors (Lipinski definition) is 0. The third-order valence-electron chi connectivity index (χ3n) is 3.85. The fraction of sp³-hybridized carbons (Fsp3) is 0.222. The molecule has 1 aliphatic rings. The Morgan fingerprint density at radius 2 is 1.89 bits per heavy atom. The van der Waals surface area contributed by atoms with E-state index in [0.717, 1.165) is 12.8 Å². The van der Waals surface area contributed by atoms with Gasteiger partial charge in [-0.25, -0.2) is 0 Å². The highest BCUT2D eigenvalue weighted by molar-refractivity contribution is 5.97. The van der Waals surface area contributed by atoms with Gasteiger partial charge in [0.1, 0.15) is 0 Å². The predicted molar refractivity (Wildman–Crippen MR) is 80.7 cm³/mol. The van der Waals surface area contributed by atoms with Crippen LogP contribution in [0, 0.1) is 6.92 Å². The Bertz CT molecular complexity index is 657. The van der Waals surface area contributed by atoms with Gasteiger partial charge < -0.3 is 0 Å². The summed E-state index contributed by atoms with van der Waals surface area (Å²) in [5, 5.41) is 2.78. The van der Waals surface area contributed by atoms with Gasteiger partial charge >= 0.3 is 0 Å². The van der Waals surface area contributed by atoms with E-state index in [9.17, 15) is 0 Å². The highest BCUT2D eigenvalue weighted by atomic mass is 14.2. The highest BCUT2D eigenvalue weighted by Gasteiger charge is 2.15. The second-order valence-corrected chi connectivity index (χ2v) is 4.92. The van der Waals surface area contributed by atoms with Gasteiger partial charge in [0, 0.05) is 0 Å². The molecule has 2 aromatic rings. The summed E-state index contributed by atoms with van der Waals surface area (Å²) in [6.45, 7) is 4.34. The van der Waals surface area contributed by atoms with E-state index in [4.69, 9.17) is 0 Å². The summed E-state index contributed by atoms with van der Waals surface area (Å²) in [5.74, 6) is 0. The normalized spacial score (nSPS) is 14.3. The maximum absolute atomic E-state index is 2.30. The van der Waals surface area contributed by atoms with Crippen LogP contribution in [0.5, 0.6) is 0 Å². The van der Waals surface area contributed by atoms with Crippen LogP contribution in [0.25, 0.3) is 22.9 Å². The average molecular weight is 234 g/mol. The van der Waals surface area contributed by atoms with Crippen molar-refractivity contribution in [3.8, 4) is 0 Å². The van der Waals surface area contributed by atoms with Gasteiger partial charge in [-0.15, -0.1) is 0 Å². The number of rotatable bonds is 1. The summed E-state index contributed by atoms with van der Waals surface area (Å²) in [6.07, 6.45) is 11.3. The summed E-state index contributed by atoms with van der Waals surface area (Å²) in [6, 6.07) is 8.75. The van der Waals surface area contributed by atoms with Crippen LogP contribution in [0.1, 0.15) is 35.6 Å². The quantitative estimate of drug-likeness (QED) is 0.641. The molecular weight excluding hydrogens is 216 g/mol. The van der Waals surface area contributed by atoms with Crippen molar-refractivity contribution in [1.82, 2.24) is 0 Å². The van der Waals surface area contributed by atoms with Gasteiger partial charge in [-0.05, 0) is 59.7 Å². The minimum absolute atomic E-state index is 1.16. The first kappa shape index (κ1) is 11.3. The summed E-state index contributed by atoms with van der Waals surface area (Å²) in [5.41, 5.74) is 5.79. The molecule has 90 valence electrons. The second-order valence-electron chi connectivity index (χ2n) is 4.92. The molecule has 0 N–H and O–H groups in total. The van der Waals surface area contributed by atoms with Crippen LogP contribution in [-0.4, -0.2) is 0 Å². The second kappa shape index (κ2) is 4.45. The molecule has 0 aromatic heterocycles. The smallest absolute Gasteiger partial charge is 0.0106 e. The molecule has 0 aliphatic heterocycles. The number of hydrogen-bond acceptors (Lipinski definition) is 0. The molecule has 0 fully saturated rings. The van der Waals surface area contributed by atoms with E-state index in [2.05, 4.69) is 62.4 Å². The lowest BCUT2D eigenvalue weighted by Crippen LogP contribution is -2.01. The van der Waals surface area contributed by atoms with E-state index in [-0.39, 0.29) is 0 Å². The standard InChI is InChI=1S/C18H18/c1-3-8-14-13(2)15-9-4-5-11-17(15)18-12-7-6-10-16(14)18/h3-5,7-9,11-12H,6,10H2,1-2H3/b8-3-. The van der Waals surface area contributed by atoms with Crippen LogP contribution >= 0.6 is 0 Å². The molecular formula is C18H18. The summed E-state index contributed by atoms with van der Waals surface area (Å²) >= 11 is 0. The van der Waals surface area contributed by atoms with Crippen LogP contribution in [0.15, 0.2) is 36.4 Å². The minimum atomic E-state index is 1.16. The Balaban J connectivity index is 2.48. The lowest BCUT2D eigenvalue weighted by atomic mass is 9.85. The zero-order valence-electron chi connectivity index (χ0n) is 11.0. The monoisotopic (exact) mass is 234 g/mol. The zero-order chi connectivity index (χ0) is 12.5. The van der Waals surface area contributed by atoms with Crippen molar-refractivity contribution in [1.29, 1.82) is 0 Å². The Morgan fingerprint density at radius 3 is 2.67 bits per heavy atom. The van der Waals surface area contributed by atoms with Gasteiger partial charge in [-0.2, -0.15) is 0 Å². The molecule has 2 aromatic carbocycles. The van der Waals surface area contributed by atoms with Gasteiger partial charge in [0.05, 0.1) is 0 Å². The maximum Gasteiger partial charge on any atom is -0.0106 e. The predicted octanol–water partition coefficient (Wildman–Crippen LogP) is 5.14. The molecule has 0 amide bonds. The van der Waals surface area contributed by atoms with Crippen molar-refractivity contribution in [2.24, 2.45) is 0 Å². The Labute approximate surface area is 109 Å². The Morgan fingerprint density at radius 1 is 1.11 bits per heavy atom. The van der Waals surface area contributed by atoms with Gasteiger partial charge in [0.15, 0.2) is 0 Å². The molecule has 0 unspecified atom stereocenters. The number of fused-ring (bicyclic) bond motifs is 3. The molecule has 18 heavy (non-hydrogen) atoms. The minimum Gasteiger partial charge on any atom is -0.0870 e. The van der Waals surface area contributed by atoms with Crippen LogP contribution < -0.4 is 0 Å². The van der Waals surface area contributed by atoms with Crippen LogP contribution in [0.2, 0.25) is 0 Å². The first-order chi connectivity index (χ1) is 8.83. The lowest BCUT2D eigenvalue weighted by molar-refractivity contribution is 0.983. The average Bonchev–Trinajstić information content (AvgIpc) is 2.43. The first-order valence-corrected chi connectivity index (χ1v) is 6.66. The van der Waals surface area contributed by atoms with Gasteiger partial charge in [-0.1, -0.05) is 48.6 Å². The van der Waals surface area contributed by atoms with Crippen molar-refractivity contribution in [3.63, 3.8) is 0 Å². The SMILES string of the molecule is C/C=C\c1c2c(c3ccccc3c1C)C=CCC2. The fourth-order valence-corrected chi connectivity index (χ4v) is 3.00. The fourth-order valence-electron chi connectivity index (χ4n) is 3.00.